The lowest BCUT2D eigenvalue weighted by atomic mass is 9.72. The maximum atomic E-state index is 3.70. The van der Waals surface area contributed by atoms with Gasteiger partial charge in [0.25, 0.3) is 0 Å². The van der Waals surface area contributed by atoms with Crippen LogP contribution < -0.4 is 5.32 Å². The van der Waals surface area contributed by atoms with Crippen LogP contribution in [0.25, 0.3) is 0 Å². The maximum Gasteiger partial charge on any atom is 0.0972 e. The van der Waals surface area contributed by atoms with Crippen molar-refractivity contribution in [3.8, 4) is 0 Å². The Labute approximate surface area is 197 Å². The van der Waals surface area contributed by atoms with Gasteiger partial charge in [0, 0.05) is 18.6 Å². The first-order chi connectivity index (χ1) is 16.3. The molecule has 0 radical (unpaired) electrons. The van der Waals surface area contributed by atoms with Crippen LogP contribution >= 0.6 is 0 Å². The highest BCUT2D eigenvalue weighted by molar-refractivity contribution is 5.50. The highest BCUT2D eigenvalue weighted by atomic mass is 15.2. The molecule has 2 nitrogen and oxygen atoms in total. The smallest absolute Gasteiger partial charge is 0.0972 e. The Balaban J connectivity index is 1.63. The fourth-order valence-electron chi connectivity index (χ4n) is 5.75. The summed E-state index contributed by atoms with van der Waals surface area (Å²) >= 11 is 0. The zero-order valence-electron chi connectivity index (χ0n) is 19.3. The number of likely N-dealkylation sites (tertiary alicyclic amines) is 1. The van der Waals surface area contributed by atoms with Gasteiger partial charge in [-0.3, -0.25) is 4.90 Å². The molecule has 1 aliphatic heterocycles. The van der Waals surface area contributed by atoms with Crippen LogP contribution in [0.2, 0.25) is 0 Å². The number of hydrogen-bond donors (Lipinski definition) is 1. The van der Waals surface area contributed by atoms with Gasteiger partial charge in [-0.15, -0.1) is 0 Å². The molecule has 0 atom stereocenters. The summed E-state index contributed by atoms with van der Waals surface area (Å²) in [6.45, 7) is 1.99. The predicted molar refractivity (Wildman–Crippen MR) is 137 cm³/mol. The zero-order chi connectivity index (χ0) is 22.6. The third-order valence-electron chi connectivity index (χ3n) is 7.47. The summed E-state index contributed by atoms with van der Waals surface area (Å²) in [6, 6.07) is 44.0. The van der Waals surface area contributed by atoms with Gasteiger partial charge in [-0.05, 0) is 42.1 Å². The molecule has 0 amide bonds. The number of nitrogens with one attached hydrogen (secondary N) is 1. The number of hydrogen-bond acceptors (Lipinski definition) is 2. The minimum atomic E-state index is -0.333. The quantitative estimate of drug-likeness (QED) is 0.366. The molecule has 0 bridgehead atoms. The van der Waals surface area contributed by atoms with Gasteiger partial charge in [-0.25, -0.2) is 0 Å². The van der Waals surface area contributed by atoms with Crippen molar-refractivity contribution in [3.05, 3.63) is 144 Å². The number of nitrogens with zero attached hydrogens (tertiary/aromatic N) is 1. The van der Waals surface area contributed by atoms with Gasteiger partial charge < -0.3 is 5.32 Å². The third-order valence-corrected chi connectivity index (χ3v) is 7.47. The van der Waals surface area contributed by atoms with E-state index in [0.717, 1.165) is 25.9 Å². The van der Waals surface area contributed by atoms with Crippen LogP contribution in [0.1, 0.15) is 35.1 Å². The summed E-state index contributed by atoms with van der Waals surface area (Å²) in [4.78, 5) is 2.70. The van der Waals surface area contributed by atoms with E-state index < -0.39 is 0 Å². The van der Waals surface area contributed by atoms with Gasteiger partial charge in [-0.1, -0.05) is 121 Å². The van der Waals surface area contributed by atoms with Gasteiger partial charge in [0.15, 0.2) is 0 Å². The average molecular weight is 433 g/mol. The molecule has 1 aliphatic rings. The van der Waals surface area contributed by atoms with Crippen LogP contribution in [0.5, 0.6) is 0 Å². The summed E-state index contributed by atoms with van der Waals surface area (Å²) in [7, 11) is 2.11. The van der Waals surface area contributed by atoms with E-state index in [4.69, 9.17) is 0 Å². The van der Waals surface area contributed by atoms with Crippen molar-refractivity contribution in [2.24, 2.45) is 0 Å². The molecule has 0 aromatic heterocycles. The molecule has 4 aromatic carbocycles. The molecule has 1 saturated heterocycles. The fraction of sp³-hybridized carbons (Fsp3) is 0.226. The molecule has 2 heteroatoms. The maximum absolute atomic E-state index is 3.70. The molecule has 0 aliphatic carbocycles. The Morgan fingerprint density at radius 1 is 0.576 bits per heavy atom. The average Bonchev–Trinajstić information content (AvgIpc) is 2.92. The molecular formula is C31H32N2. The normalized spacial score (nSPS) is 16.4. The largest absolute Gasteiger partial charge is 0.310 e. The van der Waals surface area contributed by atoms with Crippen molar-refractivity contribution in [1.29, 1.82) is 0 Å². The second kappa shape index (κ2) is 9.35. The van der Waals surface area contributed by atoms with Crippen molar-refractivity contribution < 1.29 is 0 Å². The summed E-state index contributed by atoms with van der Waals surface area (Å²) in [6.07, 6.45) is 2.11. The summed E-state index contributed by atoms with van der Waals surface area (Å²) in [5.41, 5.74) is 5.02. The van der Waals surface area contributed by atoms with Gasteiger partial charge >= 0.3 is 0 Å². The van der Waals surface area contributed by atoms with Crippen molar-refractivity contribution in [1.82, 2.24) is 10.2 Å². The lowest BCUT2D eigenvalue weighted by molar-refractivity contribution is 0.0762. The Morgan fingerprint density at radius 3 is 1.30 bits per heavy atom. The van der Waals surface area contributed by atoms with E-state index in [1.165, 1.54) is 22.3 Å². The number of piperidine rings is 1. The Hall–Kier alpha value is -3.20. The lowest BCUT2D eigenvalue weighted by Crippen LogP contribution is -2.57. The van der Waals surface area contributed by atoms with Crippen LogP contribution in [-0.2, 0) is 11.1 Å². The van der Waals surface area contributed by atoms with E-state index in [1.807, 2.05) is 0 Å². The van der Waals surface area contributed by atoms with Crippen LogP contribution in [0.4, 0.5) is 0 Å². The van der Waals surface area contributed by atoms with Crippen LogP contribution in [0.15, 0.2) is 121 Å². The van der Waals surface area contributed by atoms with Crippen LogP contribution in [0, 0.1) is 0 Å². The van der Waals surface area contributed by atoms with Crippen molar-refractivity contribution >= 4 is 0 Å². The van der Waals surface area contributed by atoms with Crippen LogP contribution in [-0.4, -0.2) is 25.0 Å². The first kappa shape index (κ1) is 21.6. The van der Waals surface area contributed by atoms with Crippen molar-refractivity contribution in [2.45, 2.75) is 23.9 Å². The van der Waals surface area contributed by atoms with Gasteiger partial charge in [0.05, 0.1) is 5.54 Å². The Bertz CT molecular complexity index is 1040. The summed E-state index contributed by atoms with van der Waals surface area (Å²) in [5, 5.41) is 3.70. The molecule has 0 spiro atoms. The summed E-state index contributed by atoms with van der Waals surface area (Å²) < 4.78 is 0. The molecule has 0 unspecified atom stereocenters. The molecule has 1 heterocycles. The standard InChI is InChI=1S/C31H32N2/c1-32-30(26-14-6-2-7-15-26)22-24-33(25-23-30)31(27-16-8-3-9-17-27,28-18-10-4-11-19-28)29-20-12-5-13-21-29/h2-21,32H,22-25H2,1H3. The highest BCUT2D eigenvalue weighted by Crippen LogP contribution is 2.45. The van der Waals surface area contributed by atoms with Gasteiger partial charge in [0.2, 0.25) is 0 Å². The molecule has 1 N–H and O–H groups in total. The third kappa shape index (κ3) is 3.80. The first-order valence-electron chi connectivity index (χ1n) is 12.0. The second-order valence-corrected chi connectivity index (χ2v) is 8.99. The topological polar surface area (TPSA) is 15.3 Å². The van der Waals surface area contributed by atoms with Crippen molar-refractivity contribution in [3.63, 3.8) is 0 Å². The van der Waals surface area contributed by atoms with E-state index >= 15 is 0 Å². The van der Waals surface area contributed by atoms with Gasteiger partial charge in [-0.2, -0.15) is 0 Å². The summed E-state index contributed by atoms with van der Waals surface area (Å²) in [5.74, 6) is 0. The minimum Gasteiger partial charge on any atom is -0.310 e. The van der Waals surface area contributed by atoms with Gasteiger partial charge in [0.1, 0.15) is 0 Å². The van der Waals surface area contributed by atoms with E-state index in [-0.39, 0.29) is 11.1 Å². The predicted octanol–water partition coefficient (Wildman–Crippen LogP) is 6.19. The van der Waals surface area contributed by atoms with E-state index in [9.17, 15) is 0 Å². The van der Waals surface area contributed by atoms with Crippen LogP contribution in [0.3, 0.4) is 0 Å². The molecule has 0 saturated carbocycles. The fourth-order valence-corrected chi connectivity index (χ4v) is 5.75. The lowest BCUT2D eigenvalue weighted by Gasteiger charge is -2.51. The van der Waals surface area contributed by atoms with E-state index in [1.54, 1.807) is 0 Å². The molecule has 1 fully saturated rings. The van der Waals surface area contributed by atoms with E-state index in [0.29, 0.717) is 0 Å². The zero-order valence-corrected chi connectivity index (χ0v) is 19.3. The molecule has 166 valence electrons. The Kier molecular flexibility index (Phi) is 6.13. The van der Waals surface area contributed by atoms with Crippen molar-refractivity contribution in [2.75, 3.05) is 20.1 Å². The molecule has 33 heavy (non-hydrogen) atoms. The second-order valence-electron chi connectivity index (χ2n) is 8.99. The SMILES string of the molecule is CNC1(c2ccccc2)CCN(C(c2ccccc2)(c2ccccc2)c2ccccc2)CC1. The van der Waals surface area contributed by atoms with E-state index in [2.05, 4.69) is 139 Å². The minimum absolute atomic E-state index is 0.00750. The monoisotopic (exact) mass is 432 g/mol. The number of rotatable bonds is 6. The highest BCUT2D eigenvalue weighted by Gasteiger charge is 2.46. The Morgan fingerprint density at radius 2 is 0.939 bits per heavy atom. The molecule has 4 aromatic rings. The molecule has 5 rings (SSSR count). The number of benzene rings is 4. The first-order valence-corrected chi connectivity index (χ1v) is 12.0. The molecular weight excluding hydrogens is 400 g/mol.